The number of carbonyl (C=O) groups excluding carboxylic acids is 1. The van der Waals surface area contributed by atoms with E-state index >= 15 is 0 Å². The number of rotatable bonds is 7. The van der Waals surface area contributed by atoms with Gasteiger partial charge in [-0.15, -0.1) is 0 Å². The molecule has 0 aliphatic heterocycles. The Labute approximate surface area is 151 Å². The first-order valence-corrected chi connectivity index (χ1v) is 9.26. The molecule has 25 heavy (non-hydrogen) atoms. The molecule has 0 fully saturated rings. The van der Waals surface area contributed by atoms with Gasteiger partial charge in [0.1, 0.15) is 0 Å². The first-order chi connectivity index (χ1) is 12.2. The van der Waals surface area contributed by atoms with Gasteiger partial charge in [0, 0.05) is 24.4 Å². The summed E-state index contributed by atoms with van der Waals surface area (Å²) >= 11 is 1.64. The van der Waals surface area contributed by atoms with Crippen molar-refractivity contribution in [2.45, 2.75) is 17.8 Å². The summed E-state index contributed by atoms with van der Waals surface area (Å²) < 4.78 is 0. The molecule has 1 aromatic heterocycles. The van der Waals surface area contributed by atoms with Crippen LogP contribution in [0.2, 0.25) is 0 Å². The van der Waals surface area contributed by atoms with Crippen LogP contribution in [0.15, 0.2) is 53.7 Å². The maximum absolute atomic E-state index is 12.4. The summed E-state index contributed by atoms with van der Waals surface area (Å²) in [6.45, 7) is 2.83. The molecule has 0 spiro atoms. The molecule has 0 atom stereocenters. The van der Waals surface area contributed by atoms with Crippen LogP contribution in [0.25, 0.3) is 11.0 Å². The Hall–Kier alpha value is -2.31. The summed E-state index contributed by atoms with van der Waals surface area (Å²) in [4.78, 5) is 21.8. The molecule has 1 heterocycles. The number of nitrogens with one attached hydrogen (secondary N) is 1. The van der Waals surface area contributed by atoms with Gasteiger partial charge < -0.3 is 15.0 Å². The number of hydrogen-bond acceptors (Lipinski definition) is 4. The quantitative estimate of drug-likeness (QED) is 0.638. The number of H-pyrrole nitrogens is 1. The number of aromatic amines is 1. The first-order valence-electron chi connectivity index (χ1n) is 8.28. The molecule has 3 rings (SSSR count). The van der Waals surface area contributed by atoms with Crippen molar-refractivity contribution >= 4 is 28.7 Å². The van der Waals surface area contributed by atoms with Gasteiger partial charge in [-0.1, -0.05) is 36.0 Å². The number of amides is 1. The Morgan fingerprint density at radius 3 is 2.64 bits per heavy atom. The second-order valence-corrected chi connectivity index (χ2v) is 6.62. The number of fused-ring (bicyclic) bond motifs is 1. The highest BCUT2D eigenvalue weighted by molar-refractivity contribution is 7.98. The Morgan fingerprint density at radius 1 is 1.20 bits per heavy atom. The highest BCUT2D eigenvalue weighted by Crippen LogP contribution is 2.23. The van der Waals surface area contributed by atoms with Crippen LogP contribution >= 0.6 is 11.8 Å². The van der Waals surface area contributed by atoms with E-state index in [1.165, 1.54) is 0 Å². The van der Waals surface area contributed by atoms with Gasteiger partial charge in [-0.3, -0.25) is 4.79 Å². The summed E-state index contributed by atoms with van der Waals surface area (Å²) in [7, 11) is 0. The number of aromatic nitrogens is 2. The third kappa shape index (κ3) is 4.21. The van der Waals surface area contributed by atoms with Crippen molar-refractivity contribution in [1.29, 1.82) is 0 Å². The van der Waals surface area contributed by atoms with Gasteiger partial charge >= 0.3 is 0 Å². The van der Waals surface area contributed by atoms with E-state index in [0.29, 0.717) is 18.7 Å². The molecule has 130 valence electrons. The number of nitrogens with zero attached hydrogens (tertiary/aromatic N) is 2. The number of imidazole rings is 1. The van der Waals surface area contributed by atoms with Crippen LogP contribution in [0.1, 0.15) is 22.8 Å². The monoisotopic (exact) mass is 355 g/mol. The van der Waals surface area contributed by atoms with E-state index in [2.05, 4.69) is 9.97 Å². The molecule has 0 bridgehead atoms. The Bertz CT molecular complexity index is 812. The van der Waals surface area contributed by atoms with Crippen LogP contribution in [0, 0.1) is 0 Å². The molecule has 2 N–H and O–H groups in total. The van der Waals surface area contributed by atoms with E-state index in [1.54, 1.807) is 16.7 Å². The largest absolute Gasteiger partial charge is 0.395 e. The van der Waals surface area contributed by atoms with E-state index in [1.807, 2.05) is 55.5 Å². The summed E-state index contributed by atoms with van der Waals surface area (Å²) in [5, 5.41) is 9.92. The first kappa shape index (κ1) is 17.5. The van der Waals surface area contributed by atoms with Crippen molar-refractivity contribution in [2.75, 3.05) is 19.7 Å². The summed E-state index contributed by atoms with van der Waals surface area (Å²) in [5.41, 5.74) is 3.78. The van der Waals surface area contributed by atoms with E-state index in [0.717, 1.165) is 27.5 Å². The van der Waals surface area contributed by atoms with Gasteiger partial charge in [-0.05, 0) is 36.8 Å². The van der Waals surface area contributed by atoms with Crippen LogP contribution in [-0.4, -0.2) is 45.6 Å². The fourth-order valence-electron chi connectivity index (χ4n) is 2.60. The number of para-hydroxylation sites is 2. The summed E-state index contributed by atoms with van der Waals surface area (Å²) in [5.74, 6) is 0.732. The predicted molar refractivity (Wildman–Crippen MR) is 101 cm³/mol. The van der Waals surface area contributed by atoms with E-state index in [4.69, 9.17) is 5.11 Å². The number of aliphatic hydroxyl groups excluding tert-OH is 1. The fraction of sp³-hybridized carbons (Fsp3) is 0.263. The van der Waals surface area contributed by atoms with Crippen molar-refractivity contribution in [3.05, 3.63) is 59.7 Å². The van der Waals surface area contributed by atoms with E-state index in [9.17, 15) is 4.79 Å². The summed E-state index contributed by atoms with van der Waals surface area (Å²) in [6, 6.07) is 15.6. The van der Waals surface area contributed by atoms with Gasteiger partial charge in [0.15, 0.2) is 5.16 Å². The summed E-state index contributed by atoms with van der Waals surface area (Å²) in [6.07, 6.45) is 0. The molecular formula is C19H21N3O2S. The average molecular weight is 355 g/mol. The molecule has 0 unspecified atom stereocenters. The van der Waals surface area contributed by atoms with Crippen molar-refractivity contribution in [3.63, 3.8) is 0 Å². The fourth-order valence-corrected chi connectivity index (χ4v) is 3.44. The van der Waals surface area contributed by atoms with E-state index < -0.39 is 0 Å². The number of carbonyl (C=O) groups is 1. The van der Waals surface area contributed by atoms with Crippen molar-refractivity contribution in [2.24, 2.45) is 0 Å². The maximum Gasteiger partial charge on any atom is 0.253 e. The van der Waals surface area contributed by atoms with Crippen LogP contribution < -0.4 is 0 Å². The molecule has 3 aromatic rings. The second-order valence-electron chi connectivity index (χ2n) is 5.65. The van der Waals surface area contributed by atoms with E-state index in [-0.39, 0.29) is 12.5 Å². The minimum absolute atomic E-state index is 0.0220. The lowest BCUT2D eigenvalue weighted by atomic mass is 10.1. The average Bonchev–Trinajstić information content (AvgIpc) is 3.07. The third-order valence-corrected chi connectivity index (χ3v) is 4.93. The molecular weight excluding hydrogens is 334 g/mol. The molecule has 0 aliphatic rings. The van der Waals surface area contributed by atoms with Gasteiger partial charge in [0.05, 0.1) is 17.6 Å². The van der Waals surface area contributed by atoms with Crippen LogP contribution in [0.3, 0.4) is 0 Å². The van der Waals surface area contributed by atoms with Crippen molar-refractivity contribution in [3.8, 4) is 0 Å². The third-order valence-electron chi connectivity index (χ3n) is 3.98. The van der Waals surface area contributed by atoms with Gasteiger partial charge in [0.2, 0.25) is 0 Å². The van der Waals surface area contributed by atoms with Gasteiger partial charge in [-0.2, -0.15) is 0 Å². The Kier molecular flexibility index (Phi) is 5.73. The molecule has 2 aromatic carbocycles. The van der Waals surface area contributed by atoms with Gasteiger partial charge in [0.25, 0.3) is 5.91 Å². The molecule has 1 amide bonds. The minimum Gasteiger partial charge on any atom is -0.395 e. The Balaban J connectivity index is 1.63. The molecule has 6 heteroatoms. The topological polar surface area (TPSA) is 69.2 Å². The normalized spacial score (nSPS) is 11.0. The lowest BCUT2D eigenvalue weighted by molar-refractivity contribution is 0.0732. The van der Waals surface area contributed by atoms with Crippen LogP contribution in [-0.2, 0) is 5.75 Å². The Morgan fingerprint density at radius 2 is 1.96 bits per heavy atom. The minimum atomic E-state index is -0.0481. The zero-order chi connectivity index (χ0) is 17.6. The lowest BCUT2D eigenvalue weighted by Gasteiger charge is -2.19. The van der Waals surface area contributed by atoms with Crippen molar-refractivity contribution < 1.29 is 9.90 Å². The molecule has 0 aliphatic carbocycles. The SMILES string of the molecule is CCN(CCO)C(=O)c1ccc(CSc2nc3ccccc3[nH]2)cc1. The smallest absolute Gasteiger partial charge is 0.253 e. The van der Waals surface area contributed by atoms with Crippen LogP contribution in [0.5, 0.6) is 0 Å². The number of aliphatic hydroxyl groups is 1. The number of hydrogen-bond donors (Lipinski definition) is 2. The van der Waals surface area contributed by atoms with Crippen LogP contribution in [0.4, 0.5) is 0 Å². The van der Waals surface area contributed by atoms with Gasteiger partial charge in [-0.25, -0.2) is 4.98 Å². The number of likely N-dealkylation sites (N-methyl/N-ethyl adjacent to an activating group) is 1. The molecule has 0 saturated heterocycles. The highest BCUT2D eigenvalue weighted by Gasteiger charge is 2.13. The molecule has 0 saturated carbocycles. The van der Waals surface area contributed by atoms with Crippen molar-refractivity contribution in [1.82, 2.24) is 14.9 Å². The predicted octanol–water partition coefficient (Wildman–Crippen LogP) is 3.31. The standard InChI is InChI=1S/C19H21N3O2S/c1-2-22(11-12-23)18(24)15-9-7-14(8-10-15)13-25-19-20-16-5-3-4-6-17(16)21-19/h3-10,23H,2,11-13H2,1H3,(H,20,21). The molecule has 5 nitrogen and oxygen atoms in total. The highest BCUT2D eigenvalue weighted by atomic mass is 32.2. The number of benzene rings is 2. The second kappa shape index (κ2) is 8.18. The number of thioether (sulfide) groups is 1. The zero-order valence-corrected chi connectivity index (χ0v) is 14.9. The molecule has 0 radical (unpaired) electrons. The maximum atomic E-state index is 12.4. The zero-order valence-electron chi connectivity index (χ0n) is 14.1. The lowest BCUT2D eigenvalue weighted by Crippen LogP contribution is -2.33.